The summed E-state index contributed by atoms with van der Waals surface area (Å²) < 4.78 is 16.4. The molecular formula is C12H26O3Si. The van der Waals surface area contributed by atoms with E-state index in [0.29, 0.717) is 0 Å². The van der Waals surface area contributed by atoms with Gasteiger partial charge in [0, 0.05) is 40.0 Å². The third-order valence-corrected chi connectivity index (χ3v) is 8.67. The quantitative estimate of drug-likeness (QED) is 0.645. The molecule has 1 saturated carbocycles. The van der Waals surface area contributed by atoms with Crippen LogP contribution in [-0.4, -0.2) is 48.1 Å². The van der Waals surface area contributed by atoms with Gasteiger partial charge in [-0.1, -0.05) is 32.1 Å². The van der Waals surface area contributed by atoms with Crippen molar-refractivity contribution in [2.24, 2.45) is 0 Å². The largest absolute Gasteiger partial charge is 0.388 e. The molecule has 4 heteroatoms. The Bertz CT molecular complexity index is 164. The Morgan fingerprint density at radius 1 is 0.812 bits per heavy atom. The summed E-state index contributed by atoms with van der Waals surface area (Å²) in [5, 5.41) is 0. The van der Waals surface area contributed by atoms with Crippen LogP contribution in [0.4, 0.5) is 0 Å². The van der Waals surface area contributed by atoms with Gasteiger partial charge in [-0.15, -0.1) is 0 Å². The molecule has 16 heavy (non-hydrogen) atoms. The van der Waals surface area contributed by atoms with Gasteiger partial charge in [-0.25, -0.2) is 0 Å². The number of rotatable bonds is 7. The Morgan fingerprint density at radius 2 is 1.25 bits per heavy atom. The van der Waals surface area contributed by atoms with E-state index in [1.165, 1.54) is 32.1 Å². The Labute approximate surface area is 100 Å². The lowest BCUT2D eigenvalue weighted by molar-refractivity contribution is 0.183. The average Bonchev–Trinajstić information content (AvgIpc) is 2.31. The van der Waals surface area contributed by atoms with E-state index in [-0.39, 0.29) is 0 Å². The van der Waals surface area contributed by atoms with Gasteiger partial charge in [0.15, 0.2) is 0 Å². The summed E-state index contributed by atoms with van der Waals surface area (Å²) in [6, 6.07) is 0. The molecule has 0 N–H and O–H groups in total. The highest BCUT2D eigenvalue weighted by molar-refractivity contribution is 6.81. The van der Waals surface area contributed by atoms with Gasteiger partial charge < -0.3 is 14.2 Å². The fourth-order valence-corrected chi connectivity index (χ4v) is 7.37. The molecule has 1 rings (SSSR count). The SMILES string of the molecule is COC[Si](COC)(COC)C1CCCCC1. The third-order valence-electron chi connectivity index (χ3n) is 3.77. The van der Waals surface area contributed by atoms with Crippen LogP contribution in [0.3, 0.4) is 0 Å². The number of methoxy groups -OCH3 is 3. The molecule has 0 aliphatic heterocycles. The van der Waals surface area contributed by atoms with E-state index in [1.807, 2.05) is 0 Å². The molecule has 0 aromatic heterocycles. The van der Waals surface area contributed by atoms with Crippen molar-refractivity contribution < 1.29 is 14.2 Å². The van der Waals surface area contributed by atoms with Crippen molar-refractivity contribution in [3.05, 3.63) is 0 Å². The zero-order valence-corrected chi connectivity index (χ0v) is 12.0. The second-order valence-electron chi connectivity index (χ2n) is 5.00. The minimum atomic E-state index is -1.56. The van der Waals surface area contributed by atoms with Crippen molar-refractivity contribution in [1.82, 2.24) is 0 Å². The van der Waals surface area contributed by atoms with E-state index in [9.17, 15) is 0 Å². The van der Waals surface area contributed by atoms with Crippen molar-refractivity contribution in [1.29, 1.82) is 0 Å². The van der Waals surface area contributed by atoms with Crippen molar-refractivity contribution in [2.75, 3.05) is 40.0 Å². The van der Waals surface area contributed by atoms with Gasteiger partial charge in [0.1, 0.15) is 8.07 Å². The highest BCUT2D eigenvalue weighted by Crippen LogP contribution is 2.37. The fraction of sp³-hybridized carbons (Fsp3) is 1.00. The first-order valence-corrected chi connectivity index (χ1v) is 8.96. The van der Waals surface area contributed by atoms with Gasteiger partial charge in [0.25, 0.3) is 0 Å². The molecule has 0 aromatic rings. The van der Waals surface area contributed by atoms with Crippen LogP contribution < -0.4 is 0 Å². The van der Waals surface area contributed by atoms with E-state index in [4.69, 9.17) is 14.2 Å². The lowest BCUT2D eigenvalue weighted by Crippen LogP contribution is -2.54. The second kappa shape index (κ2) is 7.43. The van der Waals surface area contributed by atoms with Crippen molar-refractivity contribution in [3.8, 4) is 0 Å². The van der Waals surface area contributed by atoms with Crippen LogP contribution in [-0.2, 0) is 14.2 Å². The molecule has 1 aliphatic carbocycles. The molecule has 0 aromatic carbocycles. The van der Waals surface area contributed by atoms with Crippen LogP contribution in [0, 0.1) is 0 Å². The van der Waals surface area contributed by atoms with E-state index in [2.05, 4.69) is 0 Å². The molecule has 3 nitrogen and oxygen atoms in total. The van der Waals surface area contributed by atoms with Gasteiger partial charge >= 0.3 is 0 Å². The maximum atomic E-state index is 5.47. The molecule has 0 bridgehead atoms. The standard InChI is InChI=1S/C12H26O3Si/c1-13-9-16(10-14-2,11-15-3)12-7-5-4-6-8-12/h12H,4-11H2,1-3H3. The summed E-state index contributed by atoms with van der Waals surface area (Å²) in [7, 11) is 3.84. The molecule has 1 aliphatic rings. The summed E-state index contributed by atoms with van der Waals surface area (Å²) in [5.74, 6) is 0. The average molecular weight is 246 g/mol. The Balaban J connectivity index is 2.70. The number of hydrogen-bond donors (Lipinski definition) is 0. The maximum absolute atomic E-state index is 5.47. The van der Waals surface area contributed by atoms with Gasteiger partial charge in [0.2, 0.25) is 0 Å². The molecule has 96 valence electrons. The van der Waals surface area contributed by atoms with Crippen LogP contribution in [0.5, 0.6) is 0 Å². The minimum absolute atomic E-state index is 0.820. The number of hydrogen-bond acceptors (Lipinski definition) is 3. The van der Waals surface area contributed by atoms with Crippen molar-refractivity contribution in [2.45, 2.75) is 37.6 Å². The number of ether oxygens (including phenoxy) is 3. The predicted octanol–water partition coefficient (Wildman–Crippen LogP) is 2.33. The van der Waals surface area contributed by atoms with Gasteiger partial charge in [-0.05, 0) is 5.54 Å². The fourth-order valence-electron chi connectivity index (χ4n) is 3.06. The van der Waals surface area contributed by atoms with E-state index in [0.717, 1.165) is 24.2 Å². The van der Waals surface area contributed by atoms with Crippen molar-refractivity contribution in [3.63, 3.8) is 0 Å². The van der Waals surface area contributed by atoms with Crippen LogP contribution >= 0.6 is 0 Å². The lowest BCUT2D eigenvalue weighted by Gasteiger charge is -2.39. The molecule has 1 fully saturated rings. The second-order valence-corrected chi connectivity index (χ2v) is 9.40. The highest BCUT2D eigenvalue weighted by atomic mass is 28.3. The smallest absolute Gasteiger partial charge is 0.143 e. The molecule has 0 amide bonds. The first kappa shape index (κ1) is 14.2. The maximum Gasteiger partial charge on any atom is 0.143 e. The highest BCUT2D eigenvalue weighted by Gasteiger charge is 2.42. The summed E-state index contributed by atoms with van der Waals surface area (Å²) in [5.41, 5.74) is 0.820. The Hall–Kier alpha value is 0.0969. The summed E-state index contributed by atoms with van der Waals surface area (Å²) in [6.07, 6.45) is 9.46. The zero-order chi connectivity index (χ0) is 11.9. The van der Waals surface area contributed by atoms with Crippen molar-refractivity contribution >= 4 is 8.07 Å². The van der Waals surface area contributed by atoms with Gasteiger partial charge in [-0.2, -0.15) is 0 Å². The van der Waals surface area contributed by atoms with Crippen LogP contribution in [0.25, 0.3) is 0 Å². The molecule has 0 unspecified atom stereocenters. The summed E-state index contributed by atoms with van der Waals surface area (Å²) in [4.78, 5) is 0. The molecule has 0 radical (unpaired) electrons. The van der Waals surface area contributed by atoms with Gasteiger partial charge in [-0.3, -0.25) is 0 Å². The predicted molar refractivity (Wildman–Crippen MR) is 68.2 cm³/mol. The molecular weight excluding hydrogens is 220 g/mol. The van der Waals surface area contributed by atoms with Gasteiger partial charge in [0.05, 0.1) is 0 Å². The Kier molecular flexibility index (Phi) is 6.57. The normalized spacial score (nSPS) is 18.9. The molecule has 0 spiro atoms. The van der Waals surface area contributed by atoms with E-state index >= 15 is 0 Å². The minimum Gasteiger partial charge on any atom is -0.388 e. The first-order valence-electron chi connectivity index (χ1n) is 6.26. The third kappa shape index (κ3) is 3.55. The monoisotopic (exact) mass is 246 g/mol. The molecule has 0 saturated heterocycles. The zero-order valence-electron chi connectivity index (χ0n) is 11.0. The van der Waals surface area contributed by atoms with Crippen LogP contribution in [0.1, 0.15) is 32.1 Å². The topological polar surface area (TPSA) is 27.7 Å². The first-order chi connectivity index (χ1) is 7.79. The summed E-state index contributed by atoms with van der Waals surface area (Å²) >= 11 is 0. The lowest BCUT2D eigenvalue weighted by atomic mass is 10.0. The Morgan fingerprint density at radius 3 is 1.62 bits per heavy atom. The summed E-state index contributed by atoms with van der Waals surface area (Å²) in [6.45, 7) is 0. The molecule has 0 heterocycles. The van der Waals surface area contributed by atoms with Crippen LogP contribution in [0.15, 0.2) is 0 Å². The van der Waals surface area contributed by atoms with E-state index in [1.54, 1.807) is 21.3 Å². The van der Waals surface area contributed by atoms with Crippen LogP contribution in [0.2, 0.25) is 5.54 Å². The van der Waals surface area contributed by atoms with E-state index < -0.39 is 8.07 Å². The molecule has 0 atom stereocenters.